The van der Waals surface area contributed by atoms with Gasteiger partial charge in [0.1, 0.15) is 5.69 Å². The summed E-state index contributed by atoms with van der Waals surface area (Å²) in [5.74, 6) is -4.31. The van der Waals surface area contributed by atoms with E-state index in [-0.39, 0.29) is 23.2 Å². The van der Waals surface area contributed by atoms with Gasteiger partial charge >= 0.3 is 6.09 Å². The molecular weight excluding hydrogens is 439 g/mol. The molecule has 1 aliphatic rings. The standard InChI is InChI=1S/C23H20F3N3O4/c1-23(12-32-13-23)33-22(31)28(2)15-5-3-4-14(8-15)9-19-20(30)6-7-29(27-19)16-10-17(24)21(26)18(25)11-16/h3-8,10-11H,9,12-13H2,1-2H3. The molecule has 0 atom stereocenters. The van der Waals surface area contributed by atoms with Crippen molar-refractivity contribution >= 4 is 11.8 Å². The maximum absolute atomic E-state index is 13.6. The van der Waals surface area contributed by atoms with Crippen molar-refractivity contribution < 1.29 is 27.4 Å². The number of carbonyl (C=O) groups excluding carboxylic acids is 1. The van der Waals surface area contributed by atoms with Crippen molar-refractivity contribution in [2.45, 2.75) is 18.9 Å². The Balaban J connectivity index is 1.56. The van der Waals surface area contributed by atoms with Crippen LogP contribution in [-0.4, -0.2) is 41.7 Å². The third-order valence-electron chi connectivity index (χ3n) is 5.20. The molecule has 0 radical (unpaired) electrons. The first-order valence-electron chi connectivity index (χ1n) is 10.0. The van der Waals surface area contributed by atoms with E-state index < -0.39 is 29.1 Å². The highest BCUT2D eigenvalue weighted by atomic mass is 19.2. The zero-order valence-electron chi connectivity index (χ0n) is 17.8. The number of nitrogens with zero attached hydrogens (tertiary/aromatic N) is 3. The number of hydrogen-bond acceptors (Lipinski definition) is 5. The van der Waals surface area contributed by atoms with Crippen LogP contribution >= 0.6 is 0 Å². The average Bonchev–Trinajstić information content (AvgIpc) is 2.77. The molecule has 10 heteroatoms. The number of aromatic nitrogens is 2. The third kappa shape index (κ3) is 4.75. The number of rotatable bonds is 5. The SMILES string of the molecule is CN(C(=O)OC1(C)COC1)c1cccc(Cc2nn(-c3cc(F)c(F)c(F)c3)ccc2=O)c1. The molecule has 172 valence electrons. The normalized spacial score (nSPS) is 14.5. The number of anilines is 1. The molecular formula is C23H20F3N3O4. The monoisotopic (exact) mass is 459 g/mol. The van der Waals surface area contributed by atoms with E-state index >= 15 is 0 Å². The van der Waals surface area contributed by atoms with Crippen LogP contribution in [0, 0.1) is 17.5 Å². The molecule has 4 rings (SSSR count). The van der Waals surface area contributed by atoms with Crippen molar-refractivity contribution in [3.63, 3.8) is 0 Å². The van der Waals surface area contributed by atoms with Gasteiger partial charge < -0.3 is 9.47 Å². The van der Waals surface area contributed by atoms with Crippen LogP contribution in [0.5, 0.6) is 0 Å². The molecule has 2 aromatic carbocycles. The van der Waals surface area contributed by atoms with Crippen molar-refractivity contribution in [3.8, 4) is 5.69 Å². The number of benzene rings is 2. The lowest BCUT2D eigenvalue weighted by molar-refractivity contribution is -0.165. The van der Waals surface area contributed by atoms with Gasteiger partial charge in [0.05, 0.1) is 18.9 Å². The Labute approximate surface area is 187 Å². The van der Waals surface area contributed by atoms with Crippen LogP contribution in [-0.2, 0) is 15.9 Å². The lowest BCUT2D eigenvalue weighted by Crippen LogP contribution is -2.52. The van der Waals surface area contributed by atoms with Gasteiger partial charge in [-0.05, 0) is 24.6 Å². The first kappa shape index (κ1) is 22.5. The molecule has 0 saturated carbocycles. The third-order valence-corrected chi connectivity index (χ3v) is 5.20. The fraction of sp³-hybridized carbons (Fsp3) is 0.261. The van der Waals surface area contributed by atoms with E-state index in [0.717, 1.165) is 16.8 Å². The summed E-state index contributed by atoms with van der Waals surface area (Å²) in [5.41, 5.74) is 0.206. The zero-order chi connectivity index (χ0) is 23.8. The van der Waals surface area contributed by atoms with Crippen LogP contribution in [0.4, 0.5) is 23.7 Å². The molecule has 0 bridgehead atoms. The summed E-state index contributed by atoms with van der Waals surface area (Å²) >= 11 is 0. The second-order valence-corrected chi connectivity index (χ2v) is 8.01. The van der Waals surface area contributed by atoms with E-state index in [1.165, 1.54) is 17.2 Å². The number of halogens is 3. The topological polar surface area (TPSA) is 73.7 Å². The fourth-order valence-electron chi connectivity index (χ4n) is 3.29. The number of carbonyl (C=O) groups is 1. The van der Waals surface area contributed by atoms with Gasteiger partial charge in [-0.2, -0.15) is 5.10 Å². The van der Waals surface area contributed by atoms with Crippen LogP contribution in [0.3, 0.4) is 0 Å². The highest BCUT2D eigenvalue weighted by Gasteiger charge is 2.38. The molecule has 0 aliphatic carbocycles. The predicted octanol–water partition coefficient (Wildman–Crippen LogP) is 3.60. The Morgan fingerprint density at radius 1 is 1.18 bits per heavy atom. The smallest absolute Gasteiger partial charge is 0.414 e. The minimum absolute atomic E-state index is 0.0719. The quantitative estimate of drug-likeness (QED) is 0.545. The van der Waals surface area contributed by atoms with Gasteiger partial charge in [0, 0.05) is 43.6 Å². The molecule has 33 heavy (non-hydrogen) atoms. The molecule has 7 nitrogen and oxygen atoms in total. The van der Waals surface area contributed by atoms with E-state index in [1.807, 2.05) is 0 Å². The van der Waals surface area contributed by atoms with Crippen LogP contribution in [0.15, 0.2) is 53.5 Å². The summed E-state index contributed by atoms with van der Waals surface area (Å²) in [6.07, 6.45) is 0.787. The summed E-state index contributed by atoms with van der Waals surface area (Å²) in [5, 5.41) is 4.16. The van der Waals surface area contributed by atoms with Crippen LogP contribution in [0.2, 0.25) is 0 Å². The van der Waals surface area contributed by atoms with E-state index in [9.17, 15) is 22.8 Å². The molecule has 0 N–H and O–H groups in total. The Morgan fingerprint density at radius 2 is 1.88 bits per heavy atom. The zero-order valence-corrected chi connectivity index (χ0v) is 17.8. The fourth-order valence-corrected chi connectivity index (χ4v) is 3.29. The second kappa shape index (κ2) is 8.70. The maximum atomic E-state index is 13.6. The Hall–Kier alpha value is -3.66. The highest BCUT2D eigenvalue weighted by molar-refractivity contribution is 5.87. The van der Waals surface area contributed by atoms with Gasteiger partial charge in [0.15, 0.2) is 23.1 Å². The van der Waals surface area contributed by atoms with E-state index in [4.69, 9.17) is 9.47 Å². The molecule has 0 spiro atoms. The van der Waals surface area contributed by atoms with Crippen LogP contribution < -0.4 is 10.3 Å². The lowest BCUT2D eigenvalue weighted by Gasteiger charge is -2.38. The van der Waals surface area contributed by atoms with Gasteiger partial charge in [-0.3, -0.25) is 9.69 Å². The molecule has 0 unspecified atom stereocenters. The average molecular weight is 459 g/mol. The second-order valence-electron chi connectivity index (χ2n) is 8.01. The first-order chi connectivity index (χ1) is 15.6. The largest absolute Gasteiger partial charge is 0.438 e. The number of ether oxygens (including phenoxy) is 2. The summed E-state index contributed by atoms with van der Waals surface area (Å²) in [7, 11) is 1.57. The minimum Gasteiger partial charge on any atom is -0.438 e. The van der Waals surface area contributed by atoms with E-state index in [2.05, 4.69) is 5.10 Å². The summed E-state index contributed by atoms with van der Waals surface area (Å²) in [4.78, 5) is 26.1. The Morgan fingerprint density at radius 3 is 2.52 bits per heavy atom. The lowest BCUT2D eigenvalue weighted by atomic mass is 10.1. The first-order valence-corrected chi connectivity index (χ1v) is 10.0. The minimum atomic E-state index is -1.58. The number of hydrogen-bond donors (Lipinski definition) is 0. The maximum Gasteiger partial charge on any atom is 0.414 e. The molecule has 1 aliphatic heterocycles. The summed E-state index contributed by atoms with van der Waals surface area (Å²) in [6.45, 7) is 2.45. The van der Waals surface area contributed by atoms with Crippen molar-refractivity contribution in [1.82, 2.24) is 9.78 Å². The van der Waals surface area contributed by atoms with Crippen molar-refractivity contribution in [3.05, 3.63) is 87.6 Å². The molecule has 3 aromatic rings. The van der Waals surface area contributed by atoms with E-state index in [1.54, 1.807) is 38.2 Å². The van der Waals surface area contributed by atoms with Gasteiger partial charge in [-0.1, -0.05) is 12.1 Å². The Bertz CT molecular complexity index is 1250. The molecule has 1 saturated heterocycles. The Kier molecular flexibility index (Phi) is 5.94. The predicted molar refractivity (Wildman–Crippen MR) is 113 cm³/mol. The van der Waals surface area contributed by atoms with E-state index in [0.29, 0.717) is 24.5 Å². The van der Waals surface area contributed by atoms with Crippen molar-refractivity contribution in [2.24, 2.45) is 0 Å². The van der Waals surface area contributed by atoms with Crippen LogP contribution in [0.1, 0.15) is 18.2 Å². The van der Waals surface area contributed by atoms with Gasteiger partial charge in [-0.15, -0.1) is 0 Å². The van der Waals surface area contributed by atoms with Gasteiger partial charge in [-0.25, -0.2) is 22.6 Å². The molecule has 1 fully saturated rings. The number of amides is 1. The van der Waals surface area contributed by atoms with Gasteiger partial charge in [0.25, 0.3) is 0 Å². The molecule has 2 heterocycles. The summed E-state index contributed by atoms with van der Waals surface area (Å²) < 4.78 is 52.1. The van der Waals surface area contributed by atoms with Crippen molar-refractivity contribution in [1.29, 1.82) is 0 Å². The molecule has 1 amide bonds. The highest BCUT2D eigenvalue weighted by Crippen LogP contribution is 2.24. The molecule has 1 aromatic heterocycles. The van der Waals surface area contributed by atoms with Crippen molar-refractivity contribution in [2.75, 3.05) is 25.2 Å². The summed E-state index contributed by atoms with van der Waals surface area (Å²) in [6, 6.07) is 9.66. The van der Waals surface area contributed by atoms with Gasteiger partial charge in [0.2, 0.25) is 5.43 Å². The van der Waals surface area contributed by atoms with Crippen LogP contribution in [0.25, 0.3) is 5.69 Å².